The van der Waals surface area contributed by atoms with Gasteiger partial charge in [0.05, 0.1) is 0 Å². The van der Waals surface area contributed by atoms with Gasteiger partial charge in [-0.05, 0) is 57.5 Å². The number of hydrogen-bond donors (Lipinski definition) is 1. The van der Waals surface area contributed by atoms with Crippen LogP contribution in [0.4, 0.5) is 5.82 Å². The van der Waals surface area contributed by atoms with Gasteiger partial charge in [0.25, 0.3) is 0 Å². The van der Waals surface area contributed by atoms with E-state index in [1.807, 2.05) is 0 Å². The molecular formula is C16H26N4. The number of nitrogens with zero attached hydrogens (tertiary/aromatic N) is 3. The molecule has 1 fully saturated rings. The Bertz CT molecular complexity index is 446. The molecule has 1 N–H and O–H groups in total. The lowest BCUT2D eigenvalue weighted by molar-refractivity contribution is 0.390. The summed E-state index contributed by atoms with van der Waals surface area (Å²) < 4.78 is 0. The molecular weight excluding hydrogens is 248 g/mol. The molecule has 0 radical (unpaired) electrons. The Labute approximate surface area is 122 Å². The Morgan fingerprint density at radius 2 is 2.25 bits per heavy atom. The van der Waals surface area contributed by atoms with Crippen molar-refractivity contribution in [3.05, 3.63) is 17.6 Å². The monoisotopic (exact) mass is 274 g/mol. The zero-order valence-electron chi connectivity index (χ0n) is 12.6. The highest BCUT2D eigenvalue weighted by atomic mass is 15.2. The minimum absolute atomic E-state index is 0.766. The van der Waals surface area contributed by atoms with Gasteiger partial charge in [0.1, 0.15) is 12.1 Å². The minimum atomic E-state index is 0.766. The fourth-order valence-corrected chi connectivity index (χ4v) is 3.52. The fourth-order valence-electron chi connectivity index (χ4n) is 3.52. The Morgan fingerprint density at radius 3 is 3.15 bits per heavy atom. The molecule has 0 bridgehead atoms. The first kappa shape index (κ1) is 13.8. The van der Waals surface area contributed by atoms with Crippen molar-refractivity contribution in [3.8, 4) is 0 Å². The van der Waals surface area contributed by atoms with Crippen LogP contribution >= 0.6 is 0 Å². The zero-order chi connectivity index (χ0) is 13.8. The predicted molar refractivity (Wildman–Crippen MR) is 82.2 cm³/mol. The van der Waals surface area contributed by atoms with Crippen LogP contribution in [0, 0.1) is 5.92 Å². The van der Waals surface area contributed by atoms with Crippen molar-refractivity contribution in [2.45, 2.75) is 45.4 Å². The Balaban J connectivity index is 1.66. The van der Waals surface area contributed by atoms with E-state index in [2.05, 4.69) is 27.1 Å². The van der Waals surface area contributed by atoms with Crippen LogP contribution in [0.25, 0.3) is 0 Å². The molecule has 0 aromatic carbocycles. The molecule has 1 aromatic rings. The summed E-state index contributed by atoms with van der Waals surface area (Å²) in [6.07, 6.45) is 9.17. The maximum atomic E-state index is 4.60. The summed E-state index contributed by atoms with van der Waals surface area (Å²) in [5.74, 6) is 2.00. The second-order valence-corrected chi connectivity index (χ2v) is 6.13. The molecule has 2 aliphatic rings. The molecule has 0 saturated carbocycles. The normalized spacial score (nSPS) is 22.1. The minimum Gasteiger partial charge on any atom is -0.356 e. The van der Waals surface area contributed by atoms with Gasteiger partial charge in [-0.15, -0.1) is 0 Å². The first-order valence-corrected chi connectivity index (χ1v) is 8.17. The van der Waals surface area contributed by atoms with Crippen LogP contribution in [-0.4, -0.2) is 36.1 Å². The van der Waals surface area contributed by atoms with E-state index in [1.54, 1.807) is 6.33 Å². The van der Waals surface area contributed by atoms with Gasteiger partial charge in [-0.3, -0.25) is 0 Å². The van der Waals surface area contributed by atoms with Gasteiger partial charge >= 0.3 is 0 Å². The summed E-state index contributed by atoms with van der Waals surface area (Å²) in [6.45, 7) is 6.83. The standard InChI is InChI=1S/C16H26N4/c1-2-8-17-10-13-5-4-9-20(11-13)16-14-6-3-7-15(14)18-12-19-16/h12-13,17H,2-11H2,1H3. The number of nitrogens with one attached hydrogen (secondary N) is 1. The number of anilines is 1. The SMILES string of the molecule is CCCNCC1CCCN(c2ncnc3c2CCC3)C1. The van der Waals surface area contributed by atoms with E-state index in [9.17, 15) is 0 Å². The molecule has 4 heteroatoms. The number of hydrogen-bond acceptors (Lipinski definition) is 4. The molecule has 1 saturated heterocycles. The Hall–Kier alpha value is -1.16. The molecule has 1 aromatic heterocycles. The van der Waals surface area contributed by atoms with Crippen LogP contribution in [0.1, 0.15) is 43.9 Å². The molecule has 1 aliphatic heterocycles. The van der Waals surface area contributed by atoms with Crippen LogP contribution in [-0.2, 0) is 12.8 Å². The van der Waals surface area contributed by atoms with Gasteiger partial charge in [-0.2, -0.15) is 0 Å². The largest absolute Gasteiger partial charge is 0.356 e. The Morgan fingerprint density at radius 1 is 1.30 bits per heavy atom. The third-order valence-corrected chi connectivity index (χ3v) is 4.53. The lowest BCUT2D eigenvalue weighted by atomic mass is 9.97. The molecule has 3 rings (SSSR count). The Kier molecular flexibility index (Phi) is 4.51. The van der Waals surface area contributed by atoms with E-state index >= 15 is 0 Å². The van der Waals surface area contributed by atoms with Crippen LogP contribution in [0.15, 0.2) is 6.33 Å². The molecule has 1 atom stereocenters. The summed E-state index contributed by atoms with van der Waals surface area (Å²) in [4.78, 5) is 11.6. The van der Waals surface area contributed by atoms with E-state index in [0.717, 1.165) is 38.5 Å². The van der Waals surface area contributed by atoms with E-state index < -0.39 is 0 Å². The summed E-state index contributed by atoms with van der Waals surface area (Å²) in [6, 6.07) is 0. The van der Waals surface area contributed by atoms with Crippen molar-refractivity contribution in [2.24, 2.45) is 5.92 Å². The third-order valence-electron chi connectivity index (χ3n) is 4.53. The highest BCUT2D eigenvalue weighted by Crippen LogP contribution is 2.30. The quantitative estimate of drug-likeness (QED) is 0.836. The van der Waals surface area contributed by atoms with E-state index in [1.165, 1.54) is 49.2 Å². The third kappa shape index (κ3) is 2.95. The summed E-state index contributed by atoms with van der Waals surface area (Å²) in [5, 5.41) is 3.57. The lowest BCUT2D eigenvalue weighted by Crippen LogP contribution is -2.40. The van der Waals surface area contributed by atoms with Gasteiger partial charge in [0.15, 0.2) is 0 Å². The van der Waals surface area contributed by atoms with E-state index in [-0.39, 0.29) is 0 Å². The van der Waals surface area contributed by atoms with Crippen LogP contribution in [0.5, 0.6) is 0 Å². The van der Waals surface area contributed by atoms with Crippen LogP contribution in [0.3, 0.4) is 0 Å². The predicted octanol–water partition coefficient (Wildman–Crippen LogP) is 2.18. The van der Waals surface area contributed by atoms with E-state index in [4.69, 9.17) is 0 Å². The average Bonchev–Trinajstić information content (AvgIpc) is 2.96. The number of aromatic nitrogens is 2. The molecule has 20 heavy (non-hydrogen) atoms. The lowest BCUT2D eigenvalue weighted by Gasteiger charge is -2.34. The first-order valence-electron chi connectivity index (χ1n) is 8.17. The van der Waals surface area contributed by atoms with Crippen molar-refractivity contribution < 1.29 is 0 Å². The average molecular weight is 274 g/mol. The van der Waals surface area contributed by atoms with Crippen molar-refractivity contribution in [1.82, 2.24) is 15.3 Å². The van der Waals surface area contributed by atoms with E-state index in [0.29, 0.717) is 0 Å². The molecule has 1 unspecified atom stereocenters. The first-order chi connectivity index (χ1) is 9.88. The second-order valence-electron chi connectivity index (χ2n) is 6.13. The molecule has 0 amide bonds. The number of rotatable bonds is 5. The van der Waals surface area contributed by atoms with Crippen molar-refractivity contribution >= 4 is 5.82 Å². The van der Waals surface area contributed by atoms with Gasteiger partial charge in [-0.1, -0.05) is 6.92 Å². The number of piperidine rings is 1. The summed E-state index contributed by atoms with van der Waals surface area (Å²) in [7, 11) is 0. The summed E-state index contributed by atoms with van der Waals surface area (Å²) >= 11 is 0. The molecule has 110 valence electrons. The molecule has 0 spiro atoms. The highest BCUT2D eigenvalue weighted by Gasteiger charge is 2.25. The van der Waals surface area contributed by atoms with Gasteiger partial charge < -0.3 is 10.2 Å². The second kappa shape index (κ2) is 6.53. The van der Waals surface area contributed by atoms with Crippen molar-refractivity contribution in [3.63, 3.8) is 0 Å². The van der Waals surface area contributed by atoms with Gasteiger partial charge in [0.2, 0.25) is 0 Å². The van der Waals surface area contributed by atoms with Crippen LogP contribution < -0.4 is 10.2 Å². The molecule has 2 heterocycles. The maximum Gasteiger partial charge on any atom is 0.135 e. The topological polar surface area (TPSA) is 41.0 Å². The number of aryl methyl sites for hydroxylation is 1. The number of fused-ring (bicyclic) bond motifs is 1. The van der Waals surface area contributed by atoms with Crippen LogP contribution in [0.2, 0.25) is 0 Å². The molecule has 1 aliphatic carbocycles. The smallest absolute Gasteiger partial charge is 0.135 e. The van der Waals surface area contributed by atoms with Gasteiger partial charge in [0, 0.05) is 24.3 Å². The maximum absolute atomic E-state index is 4.60. The fraction of sp³-hybridized carbons (Fsp3) is 0.750. The molecule has 4 nitrogen and oxygen atoms in total. The van der Waals surface area contributed by atoms with Crippen molar-refractivity contribution in [1.29, 1.82) is 0 Å². The van der Waals surface area contributed by atoms with Gasteiger partial charge in [-0.25, -0.2) is 9.97 Å². The summed E-state index contributed by atoms with van der Waals surface area (Å²) in [5.41, 5.74) is 2.72. The zero-order valence-corrected chi connectivity index (χ0v) is 12.6. The highest BCUT2D eigenvalue weighted by molar-refractivity contribution is 5.50. The van der Waals surface area contributed by atoms with Crippen molar-refractivity contribution in [2.75, 3.05) is 31.1 Å².